The van der Waals surface area contributed by atoms with Crippen LogP contribution in [0.2, 0.25) is 0 Å². The van der Waals surface area contributed by atoms with Crippen molar-refractivity contribution in [1.29, 1.82) is 0 Å². The van der Waals surface area contributed by atoms with Gasteiger partial charge in [-0.05, 0) is 43.0 Å². The number of carbonyl (C=O) groups is 1. The van der Waals surface area contributed by atoms with E-state index in [4.69, 9.17) is 9.84 Å². The van der Waals surface area contributed by atoms with Crippen LogP contribution in [-0.2, 0) is 11.2 Å². The lowest BCUT2D eigenvalue weighted by molar-refractivity contribution is -0.131. The van der Waals surface area contributed by atoms with Gasteiger partial charge in [0.25, 0.3) is 0 Å². The first kappa shape index (κ1) is 15.3. The number of carboxylic acid groups (broad SMARTS) is 1. The van der Waals surface area contributed by atoms with E-state index in [9.17, 15) is 4.79 Å². The zero-order valence-electron chi connectivity index (χ0n) is 11.9. The Morgan fingerprint density at radius 1 is 1.32 bits per heavy atom. The highest BCUT2D eigenvalue weighted by atomic mass is 16.5. The van der Waals surface area contributed by atoms with Crippen LogP contribution in [0.3, 0.4) is 0 Å². The molecule has 0 aliphatic heterocycles. The van der Waals surface area contributed by atoms with Crippen LogP contribution in [0.25, 0.3) is 5.57 Å². The highest BCUT2D eigenvalue weighted by molar-refractivity contribution is 5.91. The van der Waals surface area contributed by atoms with Gasteiger partial charge in [0.1, 0.15) is 5.75 Å². The summed E-state index contributed by atoms with van der Waals surface area (Å²) in [6, 6.07) is 6.00. The van der Waals surface area contributed by atoms with E-state index in [1.807, 2.05) is 32.0 Å². The molecule has 0 aliphatic rings. The molecule has 0 saturated heterocycles. The Balaban J connectivity index is 3.28. The van der Waals surface area contributed by atoms with Gasteiger partial charge in [-0.2, -0.15) is 0 Å². The van der Waals surface area contributed by atoms with E-state index in [0.717, 1.165) is 36.1 Å². The third-order valence-corrected chi connectivity index (χ3v) is 2.92. The van der Waals surface area contributed by atoms with Crippen molar-refractivity contribution in [2.45, 2.75) is 40.0 Å². The van der Waals surface area contributed by atoms with Crippen LogP contribution in [0, 0.1) is 0 Å². The van der Waals surface area contributed by atoms with Gasteiger partial charge in [-0.1, -0.05) is 26.3 Å². The lowest BCUT2D eigenvalue weighted by Crippen LogP contribution is -2.00. The van der Waals surface area contributed by atoms with E-state index >= 15 is 0 Å². The monoisotopic (exact) mass is 262 g/mol. The molecular weight excluding hydrogens is 240 g/mol. The molecule has 19 heavy (non-hydrogen) atoms. The van der Waals surface area contributed by atoms with Crippen LogP contribution in [-0.4, -0.2) is 17.7 Å². The van der Waals surface area contributed by atoms with Crippen molar-refractivity contribution in [3.63, 3.8) is 0 Å². The van der Waals surface area contributed by atoms with Crippen LogP contribution in [0.15, 0.2) is 24.3 Å². The number of benzene rings is 1. The Labute approximate surface area is 114 Å². The topological polar surface area (TPSA) is 46.5 Å². The second kappa shape index (κ2) is 7.62. The standard InChI is InChI=1S/C16H22O3/c1-4-7-13(11-16(17)18)14-10-12(5-2)8-9-15(14)19-6-3/h8-11H,4-7H2,1-3H3,(H,17,18)/b13-11+. The van der Waals surface area contributed by atoms with E-state index in [0.29, 0.717) is 6.61 Å². The SMILES string of the molecule is CCC/C(=C\C(=O)O)c1cc(CC)ccc1OCC. The smallest absolute Gasteiger partial charge is 0.328 e. The summed E-state index contributed by atoms with van der Waals surface area (Å²) in [5.41, 5.74) is 2.92. The van der Waals surface area contributed by atoms with Crippen molar-refractivity contribution in [2.75, 3.05) is 6.61 Å². The zero-order valence-corrected chi connectivity index (χ0v) is 11.9. The minimum Gasteiger partial charge on any atom is -0.493 e. The number of hydrogen-bond donors (Lipinski definition) is 1. The summed E-state index contributed by atoms with van der Waals surface area (Å²) in [7, 11) is 0. The highest BCUT2D eigenvalue weighted by Crippen LogP contribution is 2.30. The summed E-state index contributed by atoms with van der Waals surface area (Å²) in [6.45, 7) is 6.63. The number of hydrogen-bond acceptors (Lipinski definition) is 2. The molecule has 0 heterocycles. The molecule has 3 heteroatoms. The molecule has 3 nitrogen and oxygen atoms in total. The molecule has 1 N–H and O–H groups in total. The quantitative estimate of drug-likeness (QED) is 0.758. The molecule has 0 spiro atoms. The Morgan fingerprint density at radius 2 is 2.05 bits per heavy atom. The van der Waals surface area contributed by atoms with E-state index < -0.39 is 5.97 Å². The number of aliphatic carboxylic acids is 1. The van der Waals surface area contributed by atoms with Crippen molar-refractivity contribution >= 4 is 11.5 Å². The Kier molecular flexibility index (Phi) is 6.13. The molecule has 0 unspecified atom stereocenters. The molecule has 0 bridgehead atoms. The van der Waals surface area contributed by atoms with Gasteiger partial charge < -0.3 is 9.84 Å². The lowest BCUT2D eigenvalue weighted by Gasteiger charge is -2.14. The number of carboxylic acids is 1. The molecule has 0 saturated carbocycles. The molecule has 0 aromatic heterocycles. The Bertz CT molecular complexity index is 461. The summed E-state index contributed by atoms with van der Waals surface area (Å²) in [4.78, 5) is 11.0. The molecule has 0 radical (unpaired) electrons. The van der Waals surface area contributed by atoms with E-state index in [1.54, 1.807) is 0 Å². The first-order valence-corrected chi connectivity index (χ1v) is 6.81. The minimum atomic E-state index is -0.909. The van der Waals surface area contributed by atoms with Gasteiger partial charge in [0.15, 0.2) is 0 Å². The molecular formula is C16H22O3. The van der Waals surface area contributed by atoms with Crippen molar-refractivity contribution < 1.29 is 14.6 Å². The van der Waals surface area contributed by atoms with E-state index in [-0.39, 0.29) is 0 Å². The summed E-state index contributed by atoms with van der Waals surface area (Å²) < 4.78 is 5.61. The van der Waals surface area contributed by atoms with Gasteiger partial charge in [-0.25, -0.2) is 4.79 Å². The van der Waals surface area contributed by atoms with Gasteiger partial charge in [-0.15, -0.1) is 0 Å². The molecule has 0 fully saturated rings. The summed E-state index contributed by atoms with van der Waals surface area (Å²) >= 11 is 0. The predicted octanol–water partition coefficient (Wildman–Crippen LogP) is 3.92. The van der Waals surface area contributed by atoms with Gasteiger partial charge in [0.2, 0.25) is 0 Å². The van der Waals surface area contributed by atoms with Crippen LogP contribution >= 0.6 is 0 Å². The maximum absolute atomic E-state index is 11.0. The lowest BCUT2D eigenvalue weighted by atomic mass is 9.97. The maximum Gasteiger partial charge on any atom is 0.328 e. The van der Waals surface area contributed by atoms with Crippen molar-refractivity contribution in [1.82, 2.24) is 0 Å². The largest absolute Gasteiger partial charge is 0.493 e. The molecule has 0 aliphatic carbocycles. The molecule has 1 aromatic rings. The molecule has 104 valence electrons. The fourth-order valence-electron chi connectivity index (χ4n) is 2.03. The first-order valence-electron chi connectivity index (χ1n) is 6.81. The third kappa shape index (κ3) is 4.43. The molecule has 0 amide bonds. The Morgan fingerprint density at radius 3 is 2.58 bits per heavy atom. The van der Waals surface area contributed by atoms with E-state index in [1.165, 1.54) is 11.6 Å². The van der Waals surface area contributed by atoms with Crippen LogP contribution in [0.5, 0.6) is 5.75 Å². The van der Waals surface area contributed by atoms with Gasteiger partial charge >= 0.3 is 5.97 Å². The summed E-state index contributed by atoms with van der Waals surface area (Å²) in [6.07, 6.45) is 3.85. The fraction of sp³-hybridized carbons (Fsp3) is 0.438. The average Bonchev–Trinajstić information content (AvgIpc) is 2.38. The van der Waals surface area contributed by atoms with Crippen LogP contribution in [0.4, 0.5) is 0 Å². The van der Waals surface area contributed by atoms with Gasteiger partial charge in [0, 0.05) is 11.6 Å². The fourth-order valence-corrected chi connectivity index (χ4v) is 2.03. The van der Waals surface area contributed by atoms with Gasteiger partial charge in [0.05, 0.1) is 6.61 Å². The molecule has 1 rings (SSSR count). The normalized spacial score (nSPS) is 11.4. The number of rotatable bonds is 7. The maximum atomic E-state index is 11.0. The summed E-state index contributed by atoms with van der Waals surface area (Å²) in [5.74, 6) is -0.145. The highest BCUT2D eigenvalue weighted by Gasteiger charge is 2.11. The van der Waals surface area contributed by atoms with E-state index in [2.05, 4.69) is 6.92 Å². The van der Waals surface area contributed by atoms with Crippen LogP contribution in [0.1, 0.15) is 44.7 Å². The minimum absolute atomic E-state index is 0.574. The van der Waals surface area contributed by atoms with Crippen molar-refractivity contribution in [3.8, 4) is 5.75 Å². The Hall–Kier alpha value is -1.77. The first-order chi connectivity index (χ1) is 9.12. The van der Waals surface area contributed by atoms with Gasteiger partial charge in [-0.3, -0.25) is 0 Å². The molecule has 1 aromatic carbocycles. The predicted molar refractivity (Wildman–Crippen MR) is 77.5 cm³/mol. The second-order valence-electron chi connectivity index (χ2n) is 4.37. The summed E-state index contributed by atoms with van der Waals surface area (Å²) in [5, 5.41) is 9.00. The molecule has 0 atom stereocenters. The zero-order chi connectivity index (χ0) is 14.3. The number of allylic oxidation sites excluding steroid dienone is 1. The van der Waals surface area contributed by atoms with Crippen LogP contribution < -0.4 is 4.74 Å². The number of aryl methyl sites for hydroxylation is 1. The third-order valence-electron chi connectivity index (χ3n) is 2.92. The van der Waals surface area contributed by atoms with Crippen molar-refractivity contribution in [2.24, 2.45) is 0 Å². The number of ether oxygens (including phenoxy) is 1. The average molecular weight is 262 g/mol. The second-order valence-corrected chi connectivity index (χ2v) is 4.37. The van der Waals surface area contributed by atoms with Crippen molar-refractivity contribution in [3.05, 3.63) is 35.4 Å².